The van der Waals surface area contributed by atoms with Gasteiger partial charge in [-0.05, 0) is 42.7 Å². The van der Waals surface area contributed by atoms with Crippen LogP contribution >= 0.6 is 0 Å². The molecule has 0 radical (unpaired) electrons. The van der Waals surface area contributed by atoms with Crippen molar-refractivity contribution in [3.05, 3.63) is 71.8 Å². The Morgan fingerprint density at radius 2 is 1.57 bits per heavy atom. The molecule has 1 N–H and O–H groups in total. The minimum Gasteiger partial charge on any atom is -0.341 e. The topological polar surface area (TPSA) is 52.7 Å². The number of carbonyl (C=O) groups is 2. The standard InChI is InChI=1S/C25H33N3O2/c1-27(20-23-10-6-3-7-11-23)24(29)13-12-22-15-18-28(19-16-22)25(30)26-17-14-21-8-4-2-5-9-21/h2-11,22H,12-20H2,1H3,(H,26,30). The molecule has 1 saturated heterocycles. The highest BCUT2D eigenvalue weighted by molar-refractivity contribution is 5.76. The molecule has 5 heteroatoms. The molecule has 1 heterocycles. The van der Waals surface area contributed by atoms with Crippen LogP contribution in [-0.2, 0) is 17.8 Å². The Labute approximate surface area is 180 Å². The molecule has 3 amide bonds. The Morgan fingerprint density at radius 1 is 0.967 bits per heavy atom. The first-order chi connectivity index (χ1) is 14.6. The zero-order valence-corrected chi connectivity index (χ0v) is 17.9. The lowest BCUT2D eigenvalue weighted by Crippen LogP contribution is -2.45. The predicted octanol–water partition coefficient (Wildman–Crippen LogP) is 4.09. The molecule has 1 fully saturated rings. The van der Waals surface area contributed by atoms with Crippen LogP contribution in [0.5, 0.6) is 0 Å². The Hall–Kier alpha value is -2.82. The summed E-state index contributed by atoms with van der Waals surface area (Å²) in [7, 11) is 1.87. The monoisotopic (exact) mass is 407 g/mol. The van der Waals surface area contributed by atoms with Crippen LogP contribution in [0.1, 0.15) is 36.8 Å². The van der Waals surface area contributed by atoms with E-state index in [1.54, 1.807) is 0 Å². The van der Waals surface area contributed by atoms with Crippen LogP contribution in [0, 0.1) is 5.92 Å². The first kappa shape index (κ1) is 21.9. The summed E-state index contributed by atoms with van der Waals surface area (Å²) in [6.45, 7) is 2.86. The molecule has 0 spiro atoms. The molecule has 0 atom stereocenters. The van der Waals surface area contributed by atoms with Gasteiger partial charge >= 0.3 is 6.03 Å². The zero-order chi connectivity index (χ0) is 21.2. The second kappa shape index (κ2) is 11.4. The Morgan fingerprint density at radius 3 is 2.20 bits per heavy atom. The van der Waals surface area contributed by atoms with Gasteiger partial charge in [-0.1, -0.05) is 60.7 Å². The van der Waals surface area contributed by atoms with Crippen LogP contribution < -0.4 is 5.32 Å². The van der Waals surface area contributed by atoms with Crippen molar-refractivity contribution in [1.82, 2.24) is 15.1 Å². The highest BCUT2D eigenvalue weighted by atomic mass is 16.2. The van der Waals surface area contributed by atoms with Gasteiger partial charge in [-0.25, -0.2) is 4.79 Å². The van der Waals surface area contributed by atoms with Gasteiger partial charge in [0.15, 0.2) is 0 Å². The van der Waals surface area contributed by atoms with Crippen molar-refractivity contribution in [3.63, 3.8) is 0 Å². The number of hydrogen-bond donors (Lipinski definition) is 1. The molecule has 2 aromatic carbocycles. The van der Waals surface area contributed by atoms with Crippen LogP contribution in [0.2, 0.25) is 0 Å². The van der Waals surface area contributed by atoms with Crippen molar-refractivity contribution < 1.29 is 9.59 Å². The maximum Gasteiger partial charge on any atom is 0.317 e. The summed E-state index contributed by atoms with van der Waals surface area (Å²) < 4.78 is 0. The average molecular weight is 408 g/mol. The van der Waals surface area contributed by atoms with Crippen molar-refractivity contribution in [2.75, 3.05) is 26.7 Å². The van der Waals surface area contributed by atoms with E-state index >= 15 is 0 Å². The summed E-state index contributed by atoms with van der Waals surface area (Å²) in [6.07, 6.45) is 4.28. The third kappa shape index (κ3) is 6.90. The lowest BCUT2D eigenvalue weighted by Gasteiger charge is -2.32. The fourth-order valence-corrected chi connectivity index (χ4v) is 3.96. The highest BCUT2D eigenvalue weighted by Crippen LogP contribution is 2.22. The minimum absolute atomic E-state index is 0.0306. The lowest BCUT2D eigenvalue weighted by molar-refractivity contribution is -0.130. The molecule has 1 aliphatic rings. The maximum absolute atomic E-state index is 12.4. The van der Waals surface area contributed by atoms with E-state index < -0.39 is 0 Å². The van der Waals surface area contributed by atoms with Crippen molar-refractivity contribution in [2.24, 2.45) is 5.92 Å². The number of benzene rings is 2. The van der Waals surface area contributed by atoms with Crippen LogP contribution in [-0.4, -0.2) is 48.4 Å². The third-order valence-corrected chi connectivity index (χ3v) is 5.89. The number of piperidine rings is 1. The molecule has 0 saturated carbocycles. The van der Waals surface area contributed by atoms with Crippen LogP contribution in [0.3, 0.4) is 0 Å². The summed E-state index contributed by atoms with van der Waals surface area (Å²) in [6, 6.07) is 20.3. The molecule has 0 bridgehead atoms. The number of nitrogens with zero attached hydrogens (tertiary/aromatic N) is 2. The first-order valence-electron chi connectivity index (χ1n) is 11.0. The summed E-state index contributed by atoms with van der Waals surface area (Å²) in [5.41, 5.74) is 2.39. The van der Waals surface area contributed by atoms with Gasteiger partial charge < -0.3 is 15.1 Å². The van der Waals surface area contributed by atoms with Crippen molar-refractivity contribution in [1.29, 1.82) is 0 Å². The fraction of sp³-hybridized carbons (Fsp3) is 0.440. The van der Waals surface area contributed by atoms with E-state index in [0.29, 0.717) is 25.4 Å². The molecule has 3 rings (SSSR count). The lowest BCUT2D eigenvalue weighted by atomic mass is 9.92. The van der Waals surface area contributed by atoms with E-state index in [0.717, 1.165) is 44.3 Å². The van der Waals surface area contributed by atoms with Crippen LogP contribution in [0.25, 0.3) is 0 Å². The van der Waals surface area contributed by atoms with Gasteiger partial charge in [0.05, 0.1) is 0 Å². The smallest absolute Gasteiger partial charge is 0.317 e. The fourth-order valence-electron chi connectivity index (χ4n) is 3.96. The molecular formula is C25H33N3O2. The van der Waals surface area contributed by atoms with Gasteiger partial charge in [0.1, 0.15) is 0 Å². The van der Waals surface area contributed by atoms with Crippen LogP contribution in [0.4, 0.5) is 4.79 Å². The molecular weight excluding hydrogens is 374 g/mol. The number of hydrogen-bond acceptors (Lipinski definition) is 2. The van der Waals surface area contributed by atoms with Crippen molar-refractivity contribution in [2.45, 2.75) is 38.6 Å². The van der Waals surface area contributed by atoms with Gasteiger partial charge in [0.2, 0.25) is 5.91 Å². The van der Waals surface area contributed by atoms with E-state index in [4.69, 9.17) is 0 Å². The number of carbonyl (C=O) groups excluding carboxylic acids is 2. The molecule has 0 aromatic heterocycles. The van der Waals surface area contributed by atoms with E-state index in [9.17, 15) is 9.59 Å². The van der Waals surface area contributed by atoms with E-state index in [1.165, 1.54) is 5.56 Å². The van der Waals surface area contributed by atoms with Crippen molar-refractivity contribution in [3.8, 4) is 0 Å². The molecule has 5 nitrogen and oxygen atoms in total. The third-order valence-electron chi connectivity index (χ3n) is 5.89. The van der Waals surface area contributed by atoms with E-state index in [1.807, 2.05) is 65.4 Å². The van der Waals surface area contributed by atoms with Gasteiger partial charge in [0, 0.05) is 39.6 Å². The van der Waals surface area contributed by atoms with Gasteiger partial charge in [-0.15, -0.1) is 0 Å². The number of nitrogens with one attached hydrogen (secondary N) is 1. The number of amides is 3. The Balaban J connectivity index is 1.31. The predicted molar refractivity (Wildman–Crippen MR) is 120 cm³/mol. The maximum atomic E-state index is 12.4. The quantitative estimate of drug-likeness (QED) is 0.717. The highest BCUT2D eigenvalue weighted by Gasteiger charge is 2.23. The minimum atomic E-state index is 0.0306. The number of likely N-dealkylation sites (tertiary alicyclic amines) is 1. The molecule has 30 heavy (non-hydrogen) atoms. The summed E-state index contributed by atoms with van der Waals surface area (Å²) in [5, 5.41) is 3.03. The molecule has 160 valence electrons. The molecule has 0 unspecified atom stereocenters. The Bertz CT molecular complexity index is 787. The number of rotatable bonds is 8. The largest absolute Gasteiger partial charge is 0.341 e. The Kier molecular flexibility index (Phi) is 8.30. The van der Waals surface area contributed by atoms with Crippen molar-refractivity contribution >= 4 is 11.9 Å². The second-order valence-electron chi connectivity index (χ2n) is 8.17. The van der Waals surface area contributed by atoms with Gasteiger partial charge in [0.25, 0.3) is 0 Å². The summed E-state index contributed by atoms with van der Waals surface area (Å²) >= 11 is 0. The SMILES string of the molecule is CN(Cc1ccccc1)C(=O)CCC1CCN(C(=O)NCCc2ccccc2)CC1. The average Bonchev–Trinajstić information content (AvgIpc) is 2.79. The number of urea groups is 1. The summed E-state index contributed by atoms with van der Waals surface area (Å²) in [5.74, 6) is 0.715. The second-order valence-corrected chi connectivity index (χ2v) is 8.17. The van der Waals surface area contributed by atoms with E-state index in [2.05, 4.69) is 17.4 Å². The van der Waals surface area contributed by atoms with Gasteiger partial charge in [-0.2, -0.15) is 0 Å². The van der Waals surface area contributed by atoms with Crippen LogP contribution in [0.15, 0.2) is 60.7 Å². The molecule has 0 aliphatic carbocycles. The molecule has 1 aliphatic heterocycles. The first-order valence-corrected chi connectivity index (χ1v) is 11.0. The summed E-state index contributed by atoms with van der Waals surface area (Å²) in [4.78, 5) is 28.5. The van der Waals surface area contributed by atoms with E-state index in [-0.39, 0.29) is 11.9 Å². The zero-order valence-electron chi connectivity index (χ0n) is 17.9. The van der Waals surface area contributed by atoms with Gasteiger partial charge in [-0.3, -0.25) is 4.79 Å². The molecule has 2 aromatic rings. The normalized spacial score (nSPS) is 14.4.